The highest BCUT2D eigenvalue weighted by Gasteiger charge is 2.14. The van der Waals surface area contributed by atoms with Gasteiger partial charge in [-0.2, -0.15) is 0 Å². The zero-order valence-corrected chi connectivity index (χ0v) is 12.3. The van der Waals surface area contributed by atoms with Gasteiger partial charge in [0, 0.05) is 16.2 Å². The fourth-order valence-electron chi connectivity index (χ4n) is 1.93. The van der Waals surface area contributed by atoms with Gasteiger partial charge in [-0.05, 0) is 44.2 Å². The second kappa shape index (κ2) is 6.33. The molecule has 1 aromatic carbocycles. The van der Waals surface area contributed by atoms with Crippen LogP contribution in [0.15, 0.2) is 30.5 Å². The molecule has 1 atom stereocenters. The summed E-state index contributed by atoms with van der Waals surface area (Å²) in [4.78, 5) is 8.56. The summed E-state index contributed by atoms with van der Waals surface area (Å²) in [5.41, 5.74) is 2.00. The minimum absolute atomic E-state index is 0.0976. The SMILES string of the molecule is CNC(Cc1ccc(Cl)cc1Cl)c1ccnc(C)n1. The molecule has 1 aromatic heterocycles. The molecule has 2 aromatic rings. The van der Waals surface area contributed by atoms with E-state index in [1.807, 2.05) is 32.2 Å². The van der Waals surface area contributed by atoms with Gasteiger partial charge in [0.05, 0.1) is 11.7 Å². The maximum Gasteiger partial charge on any atom is 0.125 e. The van der Waals surface area contributed by atoms with Crippen molar-refractivity contribution in [3.8, 4) is 0 Å². The number of nitrogens with zero attached hydrogens (tertiary/aromatic N) is 2. The van der Waals surface area contributed by atoms with Gasteiger partial charge in [0.15, 0.2) is 0 Å². The van der Waals surface area contributed by atoms with E-state index in [-0.39, 0.29) is 6.04 Å². The third-order valence-corrected chi connectivity index (χ3v) is 3.53. The number of likely N-dealkylation sites (N-methyl/N-ethyl adjacent to an activating group) is 1. The van der Waals surface area contributed by atoms with Gasteiger partial charge in [0.25, 0.3) is 0 Å². The molecule has 2 rings (SSSR count). The van der Waals surface area contributed by atoms with Crippen LogP contribution in [-0.4, -0.2) is 17.0 Å². The van der Waals surface area contributed by atoms with Gasteiger partial charge in [-0.25, -0.2) is 9.97 Å². The fourth-order valence-corrected chi connectivity index (χ4v) is 2.42. The summed E-state index contributed by atoms with van der Waals surface area (Å²) in [6.07, 6.45) is 2.52. The third-order valence-electron chi connectivity index (χ3n) is 2.94. The van der Waals surface area contributed by atoms with Crippen molar-refractivity contribution < 1.29 is 0 Å². The molecule has 1 N–H and O–H groups in total. The molecule has 3 nitrogen and oxygen atoms in total. The summed E-state index contributed by atoms with van der Waals surface area (Å²) >= 11 is 12.1. The lowest BCUT2D eigenvalue weighted by molar-refractivity contribution is 0.572. The molecule has 0 fully saturated rings. The van der Waals surface area contributed by atoms with Crippen LogP contribution in [0.2, 0.25) is 10.0 Å². The van der Waals surface area contributed by atoms with E-state index < -0.39 is 0 Å². The average Bonchev–Trinajstić information content (AvgIpc) is 2.38. The van der Waals surface area contributed by atoms with Crippen molar-refractivity contribution in [2.45, 2.75) is 19.4 Å². The van der Waals surface area contributed by atoms with Crippen molar-refractivity contribution in [3.05, 3.63) is 57.6 Å². The molecule has 5 heteroatoms. The first-order valence-electron chi connectivity index (χ1n) is 6.01. The first kappa shape index (κ1) is 14.3. The Hall–Kier alpha value is -1.16. The van der Waals surface area contributed by atoms with Crippen molar-refractivity contribution in [2.24, 2.45) is 0 Å². The van der Waals surface area contributed by atoms with E-state index >= 15 is 0 Å². The zero-order chi connectivity index (χ0) is 13.8. The minimum atomic E-state index is 0.0976. The summed E-state index contributed by atoms with van der Waals surface area (Å²) in [6, 6.07) is 7.57. The molecule has 0 aliphatic heterocycles. The fraction of sp³-hybridized carbons (Fsp3) is 0.286. The summed E-state index contributed by atoms with van der Waals surface area (Å²) in [5, 5.41) is 4.58. The molecule has 1 unspecified atom stereocenters. The number of halogens is 2. The van der Waals surface area contributed by atoms with Crippen LogP contribution < -0.4 is 5.32 Å². The van der Waals surface area contributed by atoms with Crippen molar-refractivity contribution >= 4 is 23.2 Å². The maximum atomic E-state index is 6.20. The number of rotatable bonds is 4. The quantitative estimate of drug-likeness (QED) is 0.937. The summed E-state index contributed by atoms with van der Waals surface area (Å²) in [5.74, 6) is 0.764. The molecule has 1 heterocycles. The number of benzene rings is 1. The van der Waals surface area contributed by atoms with Crippen LogP contribution in [0, 0.1) is 6.92 Å². The standard InChI is InChI=1S/C14H15Cl2N3/c1-9-18-6-5-13(19-9)14(17-2)7-10-3-4-11(15)8-12(10)16/h3-6,8,14,17H,7H2,1-2H3. The monoisotopic (exact) mass is 295 g/mol. The van der Waals surface area contributed by atoms with Crippen LogP contribution in [0.5, 0.6) is 0 Å². The minimum Gasteiger partial charge on any atom is -0.311 e. The molecule has 0 saturated carbocycles. The molecule has 0 spiro atoms. The molecule has 0 radical (unpaired) electrons. The maximum absolute atomic E-state index is 6.20. The Labute approximate surface area is 123 Å². The lowest BCUT2D eigenvalue weighted by atomic mass is 10.0. The van der Waals surface area contributed by atoms with Gasteiger partial charge in [-0.15, -0.1) is 0 Å². The van der Waals surface area contributed by atoms with Crippen LogP contribution in [0.3, 0.4) is 0 Å². The van der Waals surface area contributed by atoms with E-state index in [2.05, 4.69) is 15.3 Å². The molecular formula is C14H15Cl2N3. The van der Waals surface area contributed by atoms with Crippen molar-refractivity contribution in [1.29, 1.82) is 0 Å². The van der Waals surface area contributed by atoms with E-state index in [1.54, 1.807) is 12.3 Å². The Balaban J connectivity index is 2.24. The molecule has 0 saturated heterocycles. The van der Waals surface area contributed by atoms with Crippen LogP contribution in [0.4, 0.5) is 0 Å². The van der Waals surface area contributed by atoms with Crippen LogP contribution in [0.1, 0.15) is 23.1 Å². The topological polar surface area (TPSA) is 37.8 Å². The van der Waals surface area contributed by atoms with Crippen molar-refractivity contribution in [3.63, 3.8) is 0 Å². The molecule has 100 valence electrons. The highest BCUT2D eigenvalue weighted by Crippen LogP contribution is 2.25. The van der Waals surface area contributed by atoms with Gasteiger partial charge < -0.3 is 5.32 Å². The van der Waals surface area contributed by atoms with Gasteiger partial charge in [-0.1, -0.05) is 29.3 Å². The molecule has 19 heavy (non-hydrogen) atoms. The number of aromatic nitrogens is 2. The third kappa shape index (κ3) is 3.66. The first-order valence-corrected chi connectivity index (χ1v) is 6.76. The molecule has 0 aliphatic carbocycles. The van der Waals surface area contributed by atoms with E-state index in [9.17, 15) is 0 Å². The lowest BCUT2D eigenvalue weighted by Crippen LogP contribution is -2.20. The smallest absolute Gasteiger partial charge is 0.125 e. The number of nitrogens with one attached hydrogen (secondary N) is 1. The summed E-state index contributed by atoms with van der Waals surface area (Å²) in [6.45, 7) is 1.88. The van der Waals surface area contributed by atoms with Gasteiger partial charge in [0.1, 0.15) is 5.82 Å². The normalized spacial score (nSPS) is 12.4. The highest BCUT2D eigenvalue weighted by atomic mass is 35.5. The number of hydrogen-bond acceptors (Lipinski definition) is 3. The first-order chi connectivity index (χ1) is 9.10. The predicted molar refractivity (Wildman–Crippen MR) is 78.7 cm³/mol. The largest absolute Gasteiger partial charge is 0.311 e. The zero-order valence-electron chi connectivity index (χ0n) is 10.8. The van der Waals surface area contributed by atoms with Gasteiger partial charge in [0.2, 0.25) is 0 Å². The summed E-state index contributed by atoms with van der Waals surface area (Å²) < 4.78 is 0. The lowest BCUT2D eigenvalue weighted by Gasteiger charge is -2.16. The second-order valence-electron chi connectivity index (χ2n) is 4.31. The molecular weight excluding hydrogens is 281 g/mol. The van der Waals surface area contributed by atoms with E-state index in [1.165, 1.54) is 0 Å². The van der Waals surface area contributed by atoms with Crippen LogP contribution in [0.25, 0.3) is 0 Å². The van der Waals surface area contributed by atoms with Crippen LogP contribution in [-0.2, 0) is 6.42 Å². The number of hydrogen-bond donors (Lipinski definition) is 1. The Kier molecular flexibility index (Phi) is 4.75. The van der Waals surface area contributed by atoms with Crippen LogP contribution >= 0.6 is 23.2 Å². The second-order valence-corrected chi connectivity index (χ2v) is 5.15. The Bertz CT molecular complexity index is 572. The Morgan fingerprint density at radius 3 is 2.68 bits per heavy atom. The average molecular weight is 296 g/mol. The summed E-state index contributed by atoms with van der Waals surface area (Å²) in [7, 11) is 1.91. The predicted octanol–water partition coefficient (Wildman–Crippen LogP) is 3.60. The molecule has 0 bridgehead atoms. The van der Waals surface area contributed by atoms with E-state index in [0.29, 0.717) is 10.0 Å². The Morgan fingerprint density at radius 1 is 1.26 bits per heavy atom. The van der Waals surface area contributed by atoms with Gasteiger partial charge in [-0.3, -0.25) is 0 Å². The van der Waals surface area contributed by atoms with Crippen molar-refractivity contribution in [1.82, 2.24) is 15.3 Å². The van der Waals surface area contributed by atoms with Gasteiger partial charge >= 0.3 is 0 Å². The van der Waals surface area contributed by atoms with E-state index in [0.717, 1.165) is 23.5 Å². The number of aryl methyl sites for hydroxylation is 1. The van der Waals surface area contributed by atoms with E-state index in [4.69, 9.17) is 23.2 Å². The molecule has 0 aliphatic rings. The Morgan fingerprint density at radius 2 is 2.05 bits per heavy atom. The molecule has 0 amide bonds. The highest BCUT2D eigenvalue weighted by molar-refractivity contribution is 6.35. The van der Waals surface area contributed by atoms with Crippen molar-refractivity contribution in [2.75, 3.05) is 7.05 Å².